The molecule has 1 aromatic carbocycles. The van der Waals surface area contributed by atoms with Crippen molar-refractivity contribution in [2.75, 3.05) is 24.6 Å². The van der Waals surface area contributed by atoms with E-state index in [0.717, 1.165) is 87.2 Å². The normalized spacial score (nSPS) is 31.4. The largest absolute Gasteiger partial charge is 0.466 e. The third-order valence-corrected chi connectivity index (χ3v) is 15.7. The second-order valence-electron chi connectivity index (χ2n) is 19.9. The van der Waals surface area contributed by atoms with Crippen LogP contribution in [0.1, 0.15) is 143 Å². The monoisotopic (exact) mass is 775 g/mol. The Morgan fingerprint density at radius 1 is 0.946 bits per heavy atom. The van der Waals surface area contributed by atoms with Crippen molar-refractivity contribution < 1.29 is 14.1 Å². The van der Waals surface area contributed by atoms with Gasteiger partial charge in [-0.1, -0.05) is 81.3 Å². The number of allylic oxidation sites excluding steroid dienone is 12. The Labute approximate surface area is 343 Å². The second kappa shape index (κ2) is 15.9. The van der Waals surface area contributed by atoms with Crippen LogP contribution in [0, 0.1) is 34.5 Å². The van der Waals surface area contributed by atoms with E-state index in [2.05, 4.69) is 112 Å². The number of hydrogen-bond acceptors (Lipinski definition) is 3. The van der Waals surface area contributed by atoms with Gasteiger partial charge in [-0.25, -0.2) is 0 Å². The number of para-hydroxylation sites is 1. The zero-order chi connectivity index (χ0) is 39.2. The van der Waals surface area contributed by atoms with Crippen LogP contribution >= 0.6 is 11.6 Å². The minimum Gasteiger partial charge on any atom is -0.466 e. The van der Waals surface area contributed by atoms with Crippen molar-refractivity contribution in [2.45, 2.75) is 143 Å². The summed E-state index contributed by atoms with van der Waals surface area (Å²) in [6, 6.07) is 8.89. The number of hydrogen-bond donors (Lipinski definition) is 0. The average Bonchev–Trinajstić information content (AvgIpc) is 3.51. The lowest BCUT2D eigenvalue weighted by molar-refractivity contribution is -0.478. The average molecular weight is 777 g/mol. The van der Waals surface area contributed by atoms with Gasteiger partial charge in [0.2, 0.25) is 0 Å². The van der Waals surface area contributed by atoms with Crippen LogP contribution in [0.2, 0.25) is 0 Å². The molecule has 1 aromatic rings. The van der Waals surface area contributed by atoms with Crippen molar-refractivity contribution in [1.82, 2.24) is 0 Å². The summed E-state index contributed by atoms with van der Waals surface area (Å²) in [5.74, 6) is 3.39. The van der Waals surface area contributed by atoms with Crippen molar-refractivity contribution in [2.24, 2.45) is 34.5 Å². The quantitative estimate of drug-likeness (QED) is 0.114. The number of rotatable bonds is 13. The van der Waals surface area contributed by atoms with Gasteiger partial charge in [0, 0.05) is 52.4 Å². The minimum absolute atomic E-state index is 0.00278. The maximum absolute atomic E-state index is 12.8. The molecule has 8 aliphatic rings. The van der Waals surface area contributed by atoms with Crippen molar-refractivity contribution >= 4 is 29.0 Å². The van der Waals surface area contributed by atoms with Crippen LogP contribution in [0.4, 0.5) is 5.69 Å². The lowest BCUT2D eigenvalue weighted by atomic mass is 9.49. The number of esters is 1. The van der Waals surface area contributed by atoms with E-state index < -0.39 is 0 Å². The van der Waals surface area contributed by atoms with E-state index in [9.17, 15) is 4.79 Å². The van der Waals surface area contributed by atoms with Crippen molar-refractivity contribution in [3.8, 4) is 0 Å². The van der Waals surface area contributed by atoms with Gasteiger partial charge in [-0.2, -0.15) is 4.58 Å². The van der Waals surface area contributed by atoms with Gasteiger partial charge in [-0.3, -0.25) is 4.79 Å². The SMILES string of the molecule is CC[N+]1=C(/C=C/C2=C(Cl)C(=C/C=C3/N(CCCCCC(=O)OCCC45CC6CC(CC(C6)C4)C5)c4ccccc4C3(C)C)/CCC2)C(C)(C)C2=C1C(C)CC=C2. The molecule has 0 saturated heterocycles. The molecular formula is C51H68ClN2O2+. The highest BCUT2D eigenvalue weighted by molar-refractivity contribution is 6.32. The van der Waals surface area contributed by atoms with E-state index >= 15 is 0 Å². The topological polar surface area (TPSA) is 32.5 Å². The summed E-state index contributed by atoms with van der Waals surface area (Å²) in [7, 11) is 0. The summed E-state index contributed by atoms with van der Waals surface area (Å²) in [6.45, 7) is 16.6. The Morgan fingerprint density at radius 2 is 1.68 bits per heavy atom. The Balaban J connectivity index is 0.904. The molecule has 2 heterocycles. The number of ether oxygens (including phenoxy) is 1. The maximum atomic E-state index is 12.8. The number of carbonyl (C=O) groups excluding carboxylic acids is 1. The molecule has 6 aliphatic carbocycles. The second-order valence-corrected chi connectivity index (χ2v) is 20.2. The molecule has 0 N–H and O–H groups in total. The molecule has 300 valence electrons. The lowest BCUT2D eigenvalue weighted by Gasteiger charge is -2.57. The van der Waals surface area contributed by atoms with Crippen LogP contribution in [-0.4, -0.2) is 36.0 Å². The van der Waals surface area contributed by atoms with Crippen LogP contribution in [0.3, 0.4) is 0 Å². The van der Waals surface area contributed by atoms with E-state index in [-0.39, 0.29) is 16.8 Å². The number of benzene rings is 1. The van der Waals surface area contributed by atoms with Gasteiger partial charge in [0.05, 0.1) is 12.0 Å². The van der Waals surface area contributed by atoms with Gasteiger partial charge < -0.3 is 9.64 Å². The highest BCUT2D eigenvalue weighted by Gasteiger charge is 2.51. The predicted octanol–water partition coefficient (Wildman–Crippen LogP) is 12.9. The molecule has 1 unspecified atom stereocenters. The summed E-state index contributed by atoms with van der Waals surface area (Å²) < 4.78 is 8.41. The van der Waals surface area contributed by atoms with Gasteiger partial charge in [0.15, 0.2) is 11.4 Å². The molecule has 1 atom stereocenters. The molecular weight excluding hydrogens is 708 g/mol. The first-order valence-electron chi connectivity index (χ1n) is 22.5. The number of unbranched alkanes of at least 4 members (excludes halogenated alkanes) is 2. The van der Waals surface area contributed by atoms with Crippen molar-refractivity contribution in [3.05, 3.63) is 99.4 Å². The maximum Gasteiger partial charge on any atom is 0.305 e. The third-order valence-electron chi connectivity index (χ3n) is 15.2. The molecule has 2 aliphatic heterocycles. The Hall–Kier alpha value is -3.11. The van der Waals surface area contributed by atoms with Crippen LogP contribution in [0.15, 0.2) is 93.9 Å². The summed E-state index contributed by atoms with van der Waals surface area (Å²) in [6.07, 6.45) is 31.4. The molecule has 56 heavy (non-hydrogen) atoms. The van der Waals surface area contributed by atoms with E-state index in [1.807, 2.05) is 0 Å². The Kier molecular flexibility index (Phi) is 11.3. The molecule has 0 amide bonds. The molecule has 4 saturated carbocycles. The molecule has 0 radical (unpaired) electrons. The van der Waals surface area contributed by atoms with Crippen molar-refractivity contribution in [1.29, 1.82) is 0 Å². The highest BCUT2D eigenvalue weighted by atomic mass is 35.5. The van der Waals surface area contributed by atoms with Crippen LogP contribution in [0.5, 0.6) is 0 Å². The first kappa shape index (κ1) is 39.7. The first-order chi connectivity index (χ1) is 26.9. The summed E-state index contributed by atoms with van der Waals surface area (Å²) in [5, 5.41) is 0.916. The zero-order valence-electron chi connectivity index (χ0n) is 35.4. The Bertz CT molecular complexity index is 1900. The number of nitrogens with zero attached hydrogens (tertiary/aromatic N) is 2. The lowest BCUT2D eigenvalue weighted by Crippen LogP contribution is -2.46. The molecule has 9 rings (SSSR count). The predicted molar refractivity (Wildman–Crippen MR) is 233 cm³/mol. The van der Waals surface area contributed by atoms with Crippen LogP contribution in [-0.2, 0) is 14.9 Å². The number of halogens is 1. The standard InChI is InChI=1S/C51H68ClN2O2/c1-7-53-44(50(5,6)42-19-13-15-35(2)48(42)53)24-22-39-16-14-17-40(47(39)52)23-25-45-49(3,4)41-18-10-11-20-43(41)54(45)27-12-8-9-21-46(55)56-28-26-51-32-36-29-37(33-51)31-38(30-36)34-51/h10-11,13,18-20,22-25,35-38H,7-9,12,14-17,21,26-34H2,1-6H3/q+1. The Morgan fingerprint density at radius 3 is 2.41 bits per heavy atom. The molecule has 4 fully saturated rings. The minimum atomic E-state index is -0.117. The van der Waals surface area contributed by atoms with Gasteiger partial charge in [0.25, 0.3) is 0 Å². The number of fused-ring (bicyclic) bond motifs is 1. The molecule has 4 nitrogen and oxygen atoms in total. The van der Waals surface area contributed by atoms with Crippen LogP contribution < -0.4 is 4.90 Å². The molecule has 0 spiro atoms. The molecule has 4 bridgehead atoms. The van der Waals surface area contributed by atoms with E-state index in [1.54, 1.807) is 0 Å². The highest BCUT2D eigenvalue weighted by Crippen LogP contribution is 2.61. The third kappa shape index (κ3) is 7.51. The summed E-state index contributed by atoms with van der Waals surface area (Å²) in [5.41, 5.74) is 11.2. The smallest absolute Gasteiger partial charge is 0.305 e. The van der Waals surface area contributed by atoms with Gasteiger partial charge in [0.1, 0.15) is 6.54 Å². The van der Waals surface area contributed by atoms with Crippen LogP contribution in [0.25, 0.3) is 0 Å². The fourth-order valence-electron chi connectivity index (χ4n) is 12.8. The first-order valence-corrected chi connectivity index (χ1v) is 22.9. The summed E-state index contributed by atoms with van der Waals surface area (Å²) in [4.78, 5) is 15.3. The van der Waals surface area contributed by atoms with Crippen molar-refractivity contribution in [3.63, 3.8) is 0 Å². The van der Waals surface area contributed by atoms with E-state index in [1.165, 1.54) is 83.6 Å². The fraction of sp³-hybridized carbons (Fsp3) is 0.608. The molecule has 0 aromatic heterocycles. The fourth-order valence-corrected chi connectivity index (χ4v) is 13.1. The summed E-state index contributed by atoms with van der Waals surface area (Å²) >= 11 is 7.28. The molecule has 5 heteroatoms. The zero-order valence-corrected chi connectivity index (χ0v) is 36.2. The number of anilines is 1. The van der Waals surface area contributed by atoms with Gasteiger partial charge in [-0.15, -0.1) is 0 Å². The van der Waals surface area contributed by atoms with Gasteiger partial charge in [-0.05, 0) is 156 Å². The van der Waals surface area contributed by atoms with Gasteiger partial charge >= 0.3 is 5.97 Å². The van der Waals surface area contributed by atoms with E-state index in [0.29, 0.717) is 24.4 Å². The number of carbonyl (C=O) groups is 1. The van der Waals surface area contributed by atoms with E-state index in [4.69, 9.17) is 16.3 Å².